The molecule has 1 aliphatic heterocycles. The summed E-state index contributed by atoms with van der Waals surface area (Å²) >= 11 is 0. The summed E-state index contributed by atoms with van der Waals surface area (Å²) in [7, 11) is 0. The number of likely N-dealkylation sites (tertiary alicyclic amines) is 1. The Morgan fingerprint density at radius 1 is 1.32 bits per heavy atom. The van der Waals surface area contributed by atoms with Crippen molar-refractivity contribution >= 4 is 11.9 Å². The first-order valence-electron chi connectivity index (χ1n) is 8.58. The number of nitrogens with zero attached hydrogens (tertiary/aromatic N) is 2. The van der Waals surface area contributed by atoms with E-state index in [-0.39, 0.29) is 18.2 Å². The van der Waals surface area contributed by atoms with Gasteiger partial charge in [-0.3, -0.25) is 9.59 Å². The highest BCUT2D eigenvalue weighted by atomic mass is 16.4. The number of hydrogen-bond donors (Lipinski definition) is 1. The molecule has 1 aromatic carbocycles. The molecule has 6 nitrogen and oxygen atoms in total. The van der Waals surface area contributed by atoms with Crippen LogP contribution in [0.4, 0.5) is 0 Å². The van der Waals surface area contributed by atoms with E-state index in [2.05, 4.69) is 4.98 Å². The second-order valence-electron chi connectivity index (χ2n) is 6.48. The van der Waals surface area contributed by atoms with Crippen LogP contribution in [0, 0.1) is 12.8 Å². The predicted octanol–water partition coefficient (Wildman–Crippen LogP) is 3.37. The van der Waals surface area contributed by atoms with Gasteiger partial charge in [0.05, 0.1) is 0 Å². The monoisotopic (exact) mass is 342 g/mol. The van der Waals surface area contributed by atoms with Gasteiger partial charge >= 0.3 is 5.97 Å². The largest absolute Gasteiger partial charge is 0.481 e. The number of piperidine rings is 1. The Balaban J connectivity index is 1.72. The van der Waals surface area contributed by atoms with Crippen molar-refractivity contribution in [1.29, 1.82) is 0 Å². The average Bonchev–Trinajstić information content (AvgIpc) is 3.02. The standard InChI is InChI=1S/C19H22N2O4/c1-13-17(20-18(25-13)15-7-3-2-4-8-15)19(24)21-11-5-6-14(12-21)9-10-16(22)23/h2-4,7-8,14H,5-6,9-12H2,1H3,(H,22,23). The SMILES string of the molecule is Cc1oc(-c2ccccc2)nc1C(=O)N1CCCC(CCC(=O)O)C1. The zero-order valence-electron chi connectivity index (χ0n) is 14.3. The maximum absolute atomic E-state index is 12.8. The summed E-state index contributed by atoms with van der Waals surface area (Å²) in [6, 6.07) is 9.49. The molecule has 1 aliphatic rings. The van der Waals surface area contributed by atoms with Gasteiger partial charge in [-0.1, -0.05) is 18.2 Å². The van der Waals surface area contributed by atoms with Crippen LogP contribution < -0.4 is 0 Å². The molecule has 1 fully saturated rings. The quantitative estimate of drug-likeness (QED) is 0.900. The minimum Gasteiger partial charge on any atom is -0.481 e. The van der Waals surface area contributed by atoms with E-state index < -0.39 is 5.97 Å². The highest BCUT2D eigenvalue weighted by Crippen LogP contribution is 2.25. The highest BCUT2D eigenvalue weighted by molar-refractivity contribution is 5.93. The predicted molar refractivity (Wildman–Crippen MR) is 92.2 cm³/mol. The van der Waals surface area contributed by atoms with E-state index in [0.717, 1.165) is 18.4 Å². The van der Waals surface area contributed by atoms with Gasteiger partial charge in [-0.2, -0.15) is 0 Å². The number of carboxylic acids is 1. The van der Waals surface area contributed by atoms with E-state index in [4.69, 9.17) is 9.52 Å². The fraction of sp³-hybridized carbons (Fsp3) is 0.421. The topological polar surface area (TPSA) is 83.6 Å². The van der Waals surface area contributed by atoms with Crippen LogP contribution in [0.15, 0.2) is 34.7 Å². The summed E-state index contributed by atoms with van der Waals surface area (Å²) in [5.41, 5.74) is 1.18. The molecule has 132 valence electrons. The van der Waals surface area contributed by atoms with Gasteiger partial charge in [0.15, 0.2) is 5.69 Å². The number of carboxylic acid groups (broad SMARTS) is 1. The molecule has 0 aliphatic carbocycles. The molecule has 0 saturated carbocycles. The molecule has 0 spiro atoms. The third-order valence-corrected chi connectivity index (χ3v) is 4.59. The number of benzene rings is 1. The molecule has 1 atom stereocenters. The first-order chi connectivity index (χ1) is 12.0. The molecule has 2 heterocycles. The fourth-order valence-electron chi connectivity index (χ4n) is 3.26. The Morgan fingerprint density at radius 3 is 2.80 bits per heavy atom. The van der Waals surface area contributed by atoms with Crippen molar-refractivity contribution in [2.75, 3.05) is 13.1 Å². The van der Waals surface area contributed by atoms with Crippen LogP contribution in [-0.2, 0) is 4.79 Å². The van der Waals surface area contributed by atoms with Gasteiger partial charge in [0.1, 0.15) is 5.76 Å². The second-order valence-corrected chi connectivity index (χ2v) is 6.48. The third-order valence-electron chi connectivity index (χ3n) is 4.59. The van der Waals surface area contributed by atoms with Crippen molar-refractivity contribution in [3.63, 3.8) is 0 Å². The molecule has 1 saturated heterocycles. The van der Waals surface area contributed by atoms with Crippen LogP contribution in [0.1, 0.15) is 41.9 Å². The lowest BCUT2D eigenvalue weighted by Gasteiger charge is -2.32. The molecule has 3 rings (SSSR count). The number of carbonyl (C=O) groups is 2. The van der Waals surface area contributed by atoms with Gasteiger partial charge in [-0.25, -0.2) is 4.98 Å². The number of hydrogen-bond acceptors (Lipinski definition) is 4. The van der Waals surface area contributed by atoms with Crippen molar-refractivity contribution in [3.8, 4) is 11.5 Å². The van der Waals surface area contributed by atoms with E-state index in [0.29, 0.717) is 36.9 Å². The Labute approximate surface area is 146 Å². The number of aromatic nitrogens is 1. The van der Waals surface area contributed by atoms with Crippen molar-refractivity contribution in [2.24, 2.45) is 5.92 Å². The van der Waals surface area contributed by atoms with Crippen LogP contribution >= 0.6 is 0 Å². The molecular formula is C19H22N2O4. The van der Waals surface area contributed by atoms with Crippen LogP contribution in [0.25, 0.3) is 11.5 Å². The smallest absolute Gasteiger partial charge is 0.303 e. The number of aliphatic carboxylic acids is 1. The third kappa shape index (κ3) is 4.07. The lowest BCUT2D eigenvalue weighted by atomic mass is 9.93. The number of rotatable bonds is 5. The normalized spacial score (nSPS) is 17.5. The van der Waals surface area contributed by atoms with E-state index in [1.54, 1.807) is 11.8 Å². The van der Waals surface area contributed by atoms with Gasteiger partial charge in [-0.15, -0.1) is 0 Å². The molecular weight excluding hydrogens is 320 g/mol. The van der Waals surface area contributed by atoms with Gasteiger partial charge in [-0.05, 0) is 44.2 Å². The molecule has 25 heavy (non-hydrogen) atoms. The fourth-order valence-corrected chi connectivity index (χ4v) is 3.26. The summed E-state index contributed by atoms with van der Waals surface area (Å²) < 4.78 is 5.68. The maximum Gasteiger partial charge on any atom is 0.303 e. The van der Waals surface area contributed by atoms with Gasteiger partial charge in [0, 0.05) is 25.1 Å². The molecule has 1 unspecified atom stereocenters. The number of amides is 1. The Kier molecular flexibility index (Phi) is 5.16. The van der Waals surface area contributed by atoms with Crippen LogP contribution in [0.5, 0.6) is 0 Å². The van der Waals surface area contributed by atoms with Crippen LogP contribution in [-0.4, -0.2) is 40.0 Å². The Morgan fingerprint density at radius 2 is 2.08 bits per heavy atom. The lowest BCUT2D eigenvalue weighted by Crippen LogP contribution is -2.40. The summed E-state index contributed by atoms with van der Waals surface area (Å²) in [6.07, 6.45) is 2.60. The lowest BCUT2D eigenvalue weighted by molar-refractivity contribution is -0.137. The van der Waals surface area contributed by atoms with Crippen molar-refractivity contribution in [3.05, 3.63) is 41.8 Å². The number of oxazole rings is 1. The zero-order chi connectivity index (χ0) is 17.8. The molecule has 2 aromatic rings. The molecule has 6 heteroatoms. The number of carbonyl (C=O) groups excluding carboxylic acids is 1. The Bertz CT molecular complexity index is 754. The minimum absolute atomic E-state index is 0.136. The first kappa shape index (κ1) is 17.2. The summed E-state index contributed by atoms with van der Waals surface area (Å²) in [5.74, 6) is 0.263. The minimum atomic E-state index is -0.789. The van der Waals surface area contributed by atoms with Crippen LogP contribution in [0.2, 0.25) is 0 Å². The molecule has 1 amide bonds. The van der Waals surface area contributed by atoms with E-state index in [1.807, 2.05) is 30.3 Å². The number of aryl methyl sites for hydroxylation is 1. The molecule has 0 bridgehead atoms. The van der Waals surface area contributed by atoms with Crippen molar-refractivity contribution < 1.29 is 19.1 Å². The van der Waals surface area contributed by atoms with Crippen molar-refractivity contribution in [1.82, 2.24) is 9.88 Å². The van der Waals surface area contributed by atoms with Gasteiger partial charge in [0.25, 0.3) is 5.91 Å². The van der Waals surface area contributed by atoms with E-state index in [9.17, 15) is 9.59 Å². The first-order valence-corrected chi connectivity index (χ1v) is 8.58. The summed E-state index contributed by atoms with van der Waals surface area (Å²) in [5, 5.41) is 8.84. The van der Waals surface area contributed by atoms with Crippen molar-refractivity contribution in [2.45, 2.75) is 32.6 Å². The Hall–Kier alpha value is -2.63. The van der Waals surface area contributed by atoms with Crippen LogP contribution in [0.3, 0.4) is 0 Å². The second kappa shape index (κ2) is 7.51. The maximum atomic E-state index is 12.8. The average molecular weight is 342 g/mol. The highest BCUT2D eigenvalue weighted by Gasteiger charge is 2.28. The molecule has 1 N–H and O–H groups in total. The summed E-state index contributed by atoms with van der Waals surface area (Å²) in [6.45, 7) is 3.01. The van der Waals surface area contributed by atoms with Gasteiger partial charge < -0.3 is 14.4 Å². The van der Waals surface area contributed by atoms with E-state index in [1.165, 1.54) is 0 Å². The molecule has 1 aromatic heterocycles. The molecule has 0 radical (unpaired) electrons. The van der Waals surface area contributed by atoms with E-state index >= 15 is 0 Å². The summed E-state index contributed by atoms with van der Waals surface area (Å²) in [4.78, 5) is 29.8. The van der Waals surface area contributed by atoms with Gasteiger partial charge in [0.2, 0.25) is 5.89 Å². The zero-order valence-corrected chi connectivity index (χ0v) is 14.3.